The molecule has 2 amide bonds. The van der Waals surface area contributed by atoms with Crippen LogP contribution in [-0.4, -0.2) is 84.9 Å². The number of rotatable bonds is 7. The van der Waals surface area contributed by atoms with Crippen molar-refractivity contribution >= 4 is 17.6 Å². The van der Waals surface area contributed by atoms with Gasteiger partial charge in [0.2, 0.25) is 5.91 Å². The Morgan fingerprint density at radius 3 is 2.64 bits per heavy atom. The van der Waals surface area contributed by atoms with Gasteiger partial charge in [0.05, 0.1) is 12.2 Å². The number of hydrogen-bond acceptors (Lipinski definition) is 8. The van der Waals surface area contributed by atoms with Crippen molar-refractivity contribution in [2.45, 2.75) is 56.6 Å². The van der Waals surface area contributed by atoms with E-state index < -0.39 is 36.2 Å². The van der Waals surface area contributed by atoms with Crippen LogP contribution in [0.4, 0.5) is 19.0 Å². The number of carbonyl (C=O) groups is 2. The number of likely N-dealkylation sites (tertiary alicyclic amines) is 1. The number of anilines is 1. The highest BCUT2D eigenvalue weighted by Gasteiger charge is 2.51. The number of nitrogens with zero attached hydrogens (tertiary/aromatic N) is 4. The Morgan fingerprint density at radius 2 is 2.00 bits per heavy atom. The van der Waals surface area contributed by atoms with Gasteiger partial charge in [-0.2, -0.15) is 18.4 Å². The first kappa shape index (κ1) is 26.1. The molecule has 3 aliphatic heterocycles. The molecule has 10 nitrogen and oxygen atoms in total. The van der Waals surface area contributed by atoms with Crippen molar-refractivity contribution in [1.29, 1.82) is 5.26 Å². The van der Waals surface area contributed by atoms with Crippen molar-refractivity contribution in [3.63, 3.8) is 0 Å². The molecular weight excluding hydrogens is 479 g/mol. The molecule has 3 aliphatic rings. The van der Waals surface area contributed by atoms with Gasteiger partial charge in [-0.25, -0.2) is 10.4 Å². The minimum atomic E-state index is -4.67. The summed E-state index contributed by atoms with van der Waals surface area (Å²) in [6.07, 6.45) is -1.65. The minimum Gasteiger partial charge on any atom is -0.367 e. The zero-order chi connectivity index (χ0) is 25.9. The fourth-order valence-electron chi connectivity index (χ4n) is 5.07. The fourth-order valence-corrected chi connectivity index (χ4v) is 5.07. The Morgan fingerprint density at radius 1 is 1.25 bits per heavy atom. The topological polar surface area (TPSA) is 123 Å². The molecule has 4 rings (SSSR count). The number of nitrogens with one attached hydrogen (secondary N) is 3. The molecule has 4 atom stereocenters. The largest absolute Gasteiger partial charge is 0.402 e. The molecule has 2 unspecified atom stereocenters. The van der Waals surface area contributed by atoms with Crippen LogP contribution in [-0.2, 0) is 14.3 Å². The highest BCUT2D eigenvalue weighted by molar-refractivity contribution is 5.83. The lowest BCUT2D eigenvalue weighted by atomic mass is 9.96. The molecule has 0 aliphatic carbocycles. The van der Waals surface area contributed by atoms with Gasteiger partial charge in [-0.3, -0.25) is 15.0 Å². The molecule has 0 spiro atoms. The Balaban J connectivity index is 1.23. The van der Waals surface area contributed by atoms with Crippen LogP contribution < -0.4 is 21.1 Å². The second-order valence-corrected chi connectivity index (χ2v) is 9.44. The SMILES string of the molecule is C[C@@H](CO[C@@H]1CCN(C2CCN(c3ccc(C#N)cn3)CC2)C1=O)NC1CNNC(=O)C1C(F)(F)F. The molecule has 0 aromatic carbocycles. The lowest BCUT2D eigenvalue weighted by Crippen LogP contribution is -2.65. The lowest BCUT2D eigenvalue weighted by Gasteiger charge is -2.37. The molecule has 0 bridgehead atoms. The monoisotopic (exact) mass is 509 g/mol. The number of carbonyl (C=O) groups excluding carboxylic acids is 2. The molecule has 0 radical (unpaired) electrons. The van der Waals surface area contributed by atoms with E-state index in [1.807, 2.05) is 16.4 Å². The third-order valence-corrected chi connectivity index (χ3v) is 6.91. The normalized spacial score (nSPS) is 26.6. The summed E-state index contributed by atoms with van der Waals surface area (Å²) >= 11 is 0. The van der Waals surface area contributed by atoms with Crippen LogP contribution in [0.15, 0.2) is 18.3 Å². The lowest BCUT2D eigenvalue weighted by molar-refractivity contribution is -0.193. The van der Waals surface area contributed by atoms with Gasteiger partial charge in [-0.15, -0.1) is 0 Å². The Labute approximate surface area is 207 Å². The second kappa shape index (κ2) is 11.0. The maximum atomic E-state index is 13.3. The van der Waals surface area contributed by atoms with E-state index in [2.05, 4.69) is 26.7 Å². The molecule has 3 N–H and O–H groups in total. The first-order valence-corrected chi connectivity index (χ1v) is 12.1. The van der Waals surface area contributed by atoms with E-state index in [0.29, 0.717) is 18.5 Å². The van der Waals surface area contributed by atoms with Gasteiger partial charge < -0.3 is 19.9 Å². The summed E-state index contributed by atoms with van der Waals surface area (Å²) in [6.45, 7) is 3.70. The number of hydrogen-bond donors (Lipinski definition) is 3. The smallest absolute Gasteiger partial charge is 0.367 e. The average Bonchev–Trinajstić information content (AvgIpc) is 3.22. The van der Waals surface area contributed by atoms with Crippen molar-refractivity contribution in [2.75, 3.05) is 37.7 Å². The highest BCUT2D eigenvalue weighted by Crippen LogP contribution is 2.30. The summed E-state index contributed by atoms with van der Waals surface area (Å²) in [5.74, 6) is -2.57. The Kier molecular flexibility index (Phi) is 7.97. The molecule has 0 saturated carbocycles. The van der Waals surface area contributed by atoms with E-state index in [0.717, 1.165) is 31.7 Å². The summed E-state index contributed by atoms with van der Waals surface area (Å²) in [7, 11) is 0. The number of alkyl halides is 3. The molecule has 3 fully saturated rings. The van der Waals surface area contributed by atoms with Crippen LogP contribution >= 0.6 is 0 Å². The van der Waals surface area contributed by atoms with Crippen LogP contribution in [0.5, 0.6) is 0 Å². The molecule has 196 valence electrons. The summed E-state index contributed by atoms with van der Waals surface area (Å²) in [6, 6.07) is 4.08. The molecule has 1 aromatic rings. The molecular formula is C23H30F3N7O3. The van der Waals surface area contributed by atoms with Crippen LogP contribution in [0.25, 0.3) is 0 Å². The molecule has 36 heavy (non-hydrogen) atoms. The van der Waals surface area contributed by atoms with Crippen molar-refractivity contribution < 1.29 is 27.5 Å². The van der Waals surface area contributed by atoms with Crippen LogP contribution in [0.3, 0.4) is 0 Å². The molecule has 13 heteroatoms. The third-order valence-electron chi connectivity index (χ3n) is 6.91. The van der Waals surface area contributed by atoms with Gasteiger partial charge in [0.1, 0.15) is 18.0 Å². The van der Waals surface area contributed by atoms with E-state index in [-0.39, 0.29) is 25.1 Å². The second-order valence-electron chi connectivity index (χ2n) is 9.44. The number of amides is 2. The zero-order valence-electron chi connectivity index (χ0n) is 19.9. The minimum absolute atomic E-state index is 0.0513. The highest BCUT2D eigenvalue weighted by atomic mass is 19.4. The summed E-state index contributed by atoms with van der Waals surface area (Å²) < 4.78 is 45.8. The maximum absolute atomic E-state index is 13.3. The quantitative estimate of drug-likeness (QED) is 0.491. The van der Waals surface area contributed by atoms with Gasteiger partial charge in [-0.05, 0) is 31.9 Å². The van der Waals surface area contributed by atoms with Gasteiger partial charge in [-0.1, -0.05) is 0 Å². The van der Waals surface area contributed by atoms with Crippen molar-refractivity contribution in [2.24, 2.45) is 5.92 Å². The third kappa shape index (κ3) is 5.88. The molecule has 4 heterocycles. The number of aromatic nitrogens is 1. The summed E-state index contributed by atoms with van der Waals surface area (Å²) in [5.41, 5.74) is 5.01. The number of nitriles is 1. The summed E-state index contributed by atoms with van der Waals surface area (Å²) in [5, 5.41) is 11.7. The Hall–Kier alpha value is -2.95. The maximum Gasteiger partial charge on any atom is 0.402 e. The van der Waals surface area contributed by atoms with E-state index in [1.54, 1.807) is 19.2 Å². The fraction of sp³-hybridized carbons (Fsp3) is 0.652. The van der Waals surface area contributed by atoms with Gasteiger partial charge in [0.15, 0.2) is 5.92 Å². The number of ether oxygens (including phenoxy) is 1. The van der Waals surface area contributed by atoms with E-state index in [4.69, 9.17) is 10.00 Å². The van der Waals surface area contributed by atoms with Crippen LogP contribution in [0.2, 0.25) is 0 Å². The van der Waals surface area contributed by atoms with Crippen molar-refractivity contribution in [3.8, 4) is 6.07 Å². The van der Waals surface area contributed by atoms with Gasteiger partial charge in [0, 0.05) is 56.9 Å². The van der Waals surface area contributed by atoms with Gasteiger partial charge >= 0.3 is 6.18 Å². The zero-order valence-corrected chi connectivity index (χ0v) is 19.9. The number of hydrazine groups is 1. The van der Waals surface area contributed by atoms with E-state index in [1.165, 1.54) is 0 Å². The average molecular weight is 510 g/mol. The summed E-state index contributed by atoms with van der Waals surface area (Å²) in [4.78, 5) is 33.0. The van der Waals surface area contributed by atoms with Gasteiger partial charge in [0.25, 0.3) is 5.91 Å². The first-order valence-electron chi connectivity index (χ1n) is 12.1. The Bertz CT molecular complexity index is 977. The number of pyridine rings is 1. The van der Waals surface area contributed by atoms with E-state index >= 15 is 0 Å². The first-order chi connectivity index (χ1) is 17.2. The van der Waals surface area contributed by atoms with Crippen molar-refractivity contribution in [3.05, 3.63) is 23.9 Å². The molecule has 3 saturated heterocycles. The van der Waals surface area contributed by atoms with E-state index in [9.17, 15) is 22.8 Å². The van der Waals surface area contributed by atoms with Crippen molar-refractivity contribution in [1.82, 2.24) is 26.1 Å². The van der Waals surface area contributed by atoms with Crippen LogP contribution in [0, 0.1) is 17.2 Å². The predicted octanol–water partition coefficient (Wildman–Crippen LogP) is 0.699. The number of piperidine rings is 1. The number of halogens is 3. The van der Waals surface area contributed by atoms with Crippen LogP contribution in [0.1, 0.15) is 31.7 Å². The molecule has 1 aromatic heterocycles. The standard InChI is InChI=1S/C23H30F3N7O3/c1-14(30-17-12-29-31-21(34)20(17)23(24,25)26)13-36-18-6-9-33(22(18)35)16-4-7-32(8-5-16)19-3-2-15(10-27)11-28-19/h2-3,11,14,16-18,20,29-30H,4-9,12-13H2,1H3,(H,31,34)/t14-,17?,18+,20?/m0/s1. The predicted molar refractivity (Wildman–Crippen MR) is 122 cm³/mol.